The minimum atomic E-state index is -5.94. The summed E-state index contributed by atoms with van der Waals surface area (Å²) in [5.74, 6) is -0.203. The third-order valence-corrected chi connectivity index (χ3v) is 5.27. The molecule has 29 heavy (non-hydrogen) atoms. The largest absolute Gasteiger partial charge is 0.430 e. The van der Waals surface area contributed by atoms with E-state index in [0.29, 0.717) is 29.8 Å². The van der Waals surface area contributed by atoms with Crippen molar-refractivity contribution in [1.82, 2.24) is 0 Å². The lowest BCUT2D eigenvalue weighted by atomic mass is 9.91. The zero-order valence-electron chi connectivity index (χ0n) is 14.6. The summed E-state index contributed by atoms with van der Waals surface area (Å²) in [7, 11) is 0. The summed E-state index contributed by atoms with van der Waals surface area (Å²) in [5.41, 5.74) is -4.45. The number of hydrogen-bond acceptors (Lipinski definition) is 2. The number of amides is 1. The van der Waals surface area contributed by atoms with Gasteiger partial charge in [-0.1, -0.05) is 40.2 Å². The molecule has 0 aliphatic carbocycles. The number of alkyl halides is 6. The molecule has 0 fully saturated rings. The zero-order valence-corrected chi connectivity index (χ0v) is 16.2. The molecule has 0 saturated carbocycles. The van der Waals surface area contributed by atoms with Crippen molar-refractivity contribution in [3.05, 3.63) is 63.6 Å². The third kappa shape index (κ3) is 3.87. The first-order valence-corrected chi connectivity index (χ1v) is 9.18. The van der Waals surface area contributed by atoms with Gasteiger partial charge in [-0.15, -0.1) is 0 Å². The maximum Gasteiger partial charge on any atom is 0.430 e. The highest BCUT2D eigenvalue weighted by Gasteiger charge is 2.71. The molecule has 3 nitrogen and oxygen atoms in total. The molecule has 1 aliphatic heterocycles. The Balaban J connectivity index is 1.91. The Morgan fingerprint density at radius 1 is 0.931 bits per heavy atom. The fourth-order valence-electron chi connectivity index (χ4n) is 3.22. The van der Waals surface area contributed by atoms with Gasteiger partial charge >= 0.3 is 12.4 Å². The Morgan fingerprint density at radius 3 is 2.07 bits per heavy atom. The molecule has 3 rings (SSSR count). The lowest BCUT2D eigenvalue weighted by Crippen LogP contribution is -2.53. The number of anilines is 1. The first-order chi connectivity index (χ1) is 13.3. The highest BCUT2D eigenvalue weighted by molar-refractivity contribution is 9.10. The molecule has 1 N–H and O–H groups in total. The molecular formula is C19H14BrF6NO2. The maximum atomic E-state index is 13.0. The monoisotopic (exact) mass is 481 g/mol. The number of halogens is 7. The molecule has 0 unspecified atom stereocenters. The van der Waals surface area contributed by atoms with Crippen LogP contribution in [0.5, 0.6) is 0 Å². The van der Waals surface area contributed by atoms with Crippen molar-refractivity contribution in [2.45, 2.75) is 37.3 Å². The summed E-state index contributed by atoms with van der Waals surface area (Å²) >= 11 is 3.34. The minimum Gasteiger partial charge on any atom is -0.369 e. The summed E-state index contributed by atoms with van der Waals surface area (Å²) in [6.45, 7) is -0.0236. The normalized spacial score (nSPS) is 15.4. The quantitative estimate of drug-likeness (QED) is 0.609. The maximum absolute atomic E-state index is 13.0. The molecule has 1 amide bonds. The predicted molar refractivity (Wildman–Crippen MR) is 96.1 cm³/mol. The minimum absolute atomic E-state index is 0.0236. The van der Waals surface area contributed by atoms with Gasteiger partial charge in [-0.2, -0.15) is 26.3 Å². The molecule has 0 aromatic heterocycles. The second kappa shape index (κ2) is 7.32. The van der Waals surface area contributed by atoms with E-state index >= 15 is 0 Å². The molecule has 1 aliphatic rings. The summed E-state index contributed by atoms with van der Waals surface area (Å²) in [4.78, 5) is 13.7. The van der Waals surface area contributed by atoms with Crippen LogP contribution in [0.25, 0.3) is 0 Å². The number of fused-ring (bicyclic) bond motifs is 1. The van der Waals surface area contributed by atoms with Crippen molar-refractivity contribution >= 4 is 27.5 Å². The predicted octanol–water partition coefficient (Wildman–Crippen LogP) is 5.24. The van der Waals surface area contributed by atoms with E-state index < -0.39 is 23.5 Å². The van der Waals surface area contributed by atoms with Gasteiger partial charge in [0.1, 0.15) is 0 Å². The molecular weight excluding hydrogens is 468 g/mol. The van der Waals surface area contributed by atoms with Gasteiger partial charge in [0.05, 0.1) is 6.54 Å². The number of hydrogen-bond donors (Lipinski definition) is 1. The van der Waals surface area contributed by atoms with Crippen LogP contribution in [0.15, 0.2) is 46.9 Å². The van der Waals surface area contributed by atoms with Crippen LogP contribution < -0.4 is 4.90 Å². The Bertz CT molecular complexity index is 910. The highest BCUT2D eigenvalue weighted by Crippen LogP contribution is 2.50. The van der Waals surface area contributed by atoms with Crippen LogP contribution in [0.3, 0.4) is 0 Å². The van der Waals surface area contributed by atoms with Crippen molar-refractivity contribution in [2.75, 3.05) is 4.90 Å². The van der Waals surface area contributed by atoms with E-state index in [1.165, 1.54) is 4.90 Å². The van der Waals surface area contributed by atoms with Crippen molar-refractivity contribution in [1.29, 1.82) is 0 Å². The average molecular weight is 482 g/mol. The number of aryl methyl sites for hydroxylation is 1. The number of carbonyl (C=O) groups is 1. The number of rotatable bonds is 3. The molecule has 0 atom stereocenters. The van der Waals surface area contributed by atoms with Crippen LogP contribution in [0.4, 0.5) is 32.0 Å². The topological polar surface area (TPSA) is 40.5 Å². The molecule has 156 valence electrons. The average Bonchev–Trinajstić information content (AvgIpc) is 2.62. The first-order valence-electron chi connectivity index (χ1n) is 8.38. The van der Waals surface area contributed by atoms with E-state index in [1.807, 2.05) is 6.07 Å². The van der Waals surface area contributed by atoms with Crippen molar-refractivity contribution in [3.8, 4) is 0 Å². The second-order valence-electron chi connectivity index (χ2n) is 6.66. The molecule has 0 saturated heterocycles. The molecule has 1 heterocycles. The van der Waals surface area contributed by atoms with Crippen LogP contribution in [0.2, 0.25) is 0 Å². The number of nitrogens with zero attached hydrogens (tertiary/aromatic N) is 1. The summed E-state index contributed by atoms with van der Waals surface area (Å²) in [6.07, 6.45) is -11.1. The molecule has 0 radical (unpaired) electrons. The van der Waals surface area contributed by atoms with Gasteiger partial charge in [0, 0.05) is 22.1 Å². The van der Waals surface area contributed by atoms with Gasteiger partial charge in [-0.3, -0.25) is 4.79 Å². The first kappa shape index (κ1) is 21.6. The Kier molecular flexibility index (Phi) is 5.46. The number of carbonyl (C=O) groups excluding carboxylic acids is 1. The van der Waals surface area contributed by atoms with Gasteiger partial charge in [-0.25, -0.2) is 0 Å². The van der Waals surface area contributed by atoms with Gasteiger partial charge < -0.3 is 10.0 Å². The van der Waals surface area contributed by atoms with Crippen LogP contribution in [0, 0.1) is 0 Å². The lowest BCUT2D eigenvalue weighted by molar-refractivity contribution is -0.376. The molecule has 2 aromatic rings. The summed E-state index contributed by atoms with van der Waals surface area (Å²) in [5, 5.41) is 9.45. The van der Waals surface area contributed by atoms with E-state index in [0.717, 1.165) is 22.2 Å². The van der Waals surface area contributed by atoms with Gasteiger partial charge in [0.15, 0.2) is 0 Å². The van der Waals surface area contributed by atoms with Crippen molar-refractivity contribution < 1.29 is 36.2 Å². The lowest BCUT2D eigenvalue weighted by Gasteiger charge is -2.33. The van der Waals surface area contributed by atoms with Crippen LogP contribution >= 0.6 is 15.9 Å². The van der Waals surface area contributed by atoms with Crippen LogP contribution in [0.1, 0.15) is 23.1 Å². The molecule has 2 aromatic carbocycles. The highest BCUT2D eigenvalue weighted by atomic mass is 79.9. The van der Waals surface area contributed by atoms with Gasteiger partial charge in [-0.05, 0) is 35.7 Å². The molecule has 0 spiro atoms. The summed E-state index contributed by atoms with van der Waals surface area (Å²) < 4.78 is 78.7. The fraction of sp³-hybridized carbons (Fsp3) is 0.316. The van der Waals surface area contributed by atoms with Crippen LogP contribution in [-0.2, 0) is 23.4 Å². The number of aliphatic hydroxyl groups is 1. The van der Waals surface area contributed by atoms with Gasteiger partial charge in [0.25, 0.3) is 5.60 Å². The van der Waals surface area contributed by atoms with E-state index in [9.17, 15) is 36.2 Å². The van der Waals surface area contributed by atoms with Crippen molar-refractivity contribution in [2.24, 2.45) is 0 Å². The number of benzene rings is 2. The fourth-order valence-corrected chi connectivity index (χ4v) is 3.63. The molecule has 10 heteroatoms. The molecule has 0 bridgehead atoms. The SMILES string of the molecule is O=C1CCc2cc(Br)ccc2N1Cc1ccc(C(O)(C(F)(F)F)C(F)(F)F)cc1. The second-order valence-corrected chi connectivity index (χ2v) is 7.57. The standard InChI is InChI=1S/C19H14BrF6NO2/c20-14-6-7-15-12(9-14)3-8-16(28)27(15)10-11-1-4-13(5-2-11)17(29,18(21,22)23)19(24,25)26/h1-2,4-7,9,29H,3,8,10H2. The van der Waals surface area contributed by atoms with E-state index in [2.05, 4.69) is 15.9 Å². The summed E-state index contributed by atoms with van der Waals surface area (Å²) in [6, 6.07) is 8.54. The Hall–Kier alpha value is -2.07. The van der Waals surface area contributed by atoms with Gasteiger partial charge in [0.2, 0.25) is 5.91 Å². The van der Waals surface area contributed by atoms with E-state index in [4.69, 9.17) is 0 Å². The third-order valence-electron chi connectivity index (χ3n) is 4.77. The Morgan fingerprint density at radius 2 is 1.52 bits per heavy atom. The van der Waals surface area contributed by atoms with E-state index in [-0.39, 0.29) is 18.9 Å². The smallest absolute Gasteiger partial charge is 0.369 e. The van der Waals surface area contributed by atoms with Crippen molar-refractivity contribution in [3.63, 3.8) is 0 Å². The Labute approximate surface area is 170 Å². The van der Waals surface area contributed by atoms with E-state index in [1.54, 1.807) is 12.1 Å². The van der Waals surface area contributed by atoms with Crippen LogP contribution in [-0.4, -0.2) is 23.4 Å². The zero-order chi connectivity index (χ0) is 21.6.